The number of carbonyl (C=O) groups is 1. The molecular formula is C13H18N2O2. The second-order valence-corrected chi connectivity index (χ2v) is 4.14. The molecule has 92 valence electrons. The second-order valence-electron chi connectivity index (χ2n) is 4.14. The van der Waals surface area contributed by atoms with Gasteiger partial charge in [0.2, 0.25) is 5.88 Å². The summed E-state index contributed by atoms with van der Waals surface area (Å²) >= 11 is 0. The van der Waals surface area contributed by atoms with Gasteiger partial charge in [0, 0.05) is 24.8 Å². The molecule has 1 fully saturated rings. The van der Waals surface area contributed by atoms with E-state index in [0.29, 0.717) is 24.1 Å². The first-order valence-electron chi connectivity index (χ1n) is 6.16. The zero-order valence-corrected chi connectivity index (χ0v) is 10.3. The van der Waals surface area contributed by atoms with Gasteiger partial charge in [0.25, 0.3) is 5.91 Å². The molecule has 1 heterocycles. The van der Waals surface area contributed by atoms with Gasteiger partial charge in [0.05, 0.1) is 12.2 Å². The summed E-state index contributed by atoms with van der Waals surface area (Å²) in [5.74, 6) is 0.643. The highest BCUT2D eigenvalue weighted by molar-refractivity contribution is 5.94. The van der Waals surface area contributed by atoms with Crippen LogP contribution < -0.4 is 4.74 Å². The van der Waals surface area contributed by atoms with Crippen molar-refractivity contribution in [1.29, 1.82) is 0 Å². The smallest absolute Gasteiger partial charge is 0.255 e. The zero-order valence-electron chi connectivity index (χ0n) is 10.3. The van der Waals surface area contributed by atoms with E-state index in [1.54, 1.807) is 18.3 Å². The highest BCUT2D eigenvalue weighted by Gasteiger charge is 2.31. The van der Waals surface area contributed by atoms with E-state index in [1.165, 1.54) is 0 Å². The zero-order chi connectivity index (χ0) is 12.3. The molecule has 0 unspecified atom stereocenters. The molecule has 1 aromatic rings. The topological polar surface area (TPSA) is 42.4 Å². The van der Waals surface area contributed by atoms with E-state index < -0.39 is 0 Å². The van der Waals surface area contributed by atoms with Gasteiger partial charge in [-0.15, -0.1) is 0 Å². The summed E-state index contributed by atoms with van der Waals surface area (Å²) < 4.78 is 5.25. The van der Waals surface area contributed by atoms with Crippen LogP contribution in [0, 0.1) is 0 Å². The predicted octanol–water partition coefficient (Wildman–Crippen LogP) is 2.10. The molecule has 1 aliphatic carbocycles. The lowest BCUT2D eigenvalue weighted by Gasteiger charge is -2.20. The molecule has 1 aromatic heterocycles. The summed E-state index contributed by atoms with van der Waals surface area (Å²) in [6.07, 6.45) is 3.85. The molecule has 4 heteroatoms. The van der Waals surface area contributed by atoms with E-state index in [9.17, 15) is 4.79 Å². The summed E-state index contributed by atoms with van der Waals surface area (Å²) in [6.45, 7) is 5.27. The Kier molecular flexibility index (Phi) is 3.61. The summed E-state index contributed by atoms with van der Waals surface area (Å²) in [5, 5.41) is 0. The third-order valence-corrected chi connectivity index (χ3v) is 2.86. The van der Waals surface area contributed by atoms with Crippen molar-refractivity contribution in [2.45, 2.75) is 32.7 Å². The first-order valence-corrected chi connectivity index (χ1v) is 6.16. The number of hydrogen-bond acceptors (Lipinski definition) is 3. The molecule has 0 atom stereocenters. The molecule has 0 aromatic carbocycles. The Morgan fingerprint density at radius 2 is 2.24 bits per heavy atom. The van der Waals surface area contributed by atoms with E-state index in [0.717, 1.165) is 19.4 Å². The second kappa shape index (κ2) is 5.17. The summed E-state index contributed by atoms with van der Waals surface area (Å²) in [7, 11) is 0. The van der Waals surface area contributed by atoms with Gasteiger partial charge >= 0.3 is 0 Å². The number of ether oxygens (including phenoxy) is 1. The molecule has 0 N–H and O–H groups in total. The summed E-state index contributed by atoms with van der Waals surface area (Å²) in [4.78, 5) is 18.2. The van der Waals surface area contributed by atoms with Crippen molar-refractivity contribution in [3.63, 3.8) is 0 Å². The maximum absolute atomic E-state index is 12.2. The van der Waals surface area contributed by atoms with Gasteiger partial charge < -0.3 is 9.64 Å². The average molecular weight is 234 g/mol. The Balaban J connectivity index is 2.07. The lowest BCUT2D eigenvalue weighted by atomic mass is 10.2. The maximum Gasteiger partial charge on any atom is 0.255 e. The van der Waals surface area contributed by atoms with Crippen LogP contribution in [-0.4, -0.2) is 35.0 Å². The number of pyridine rings is 1. The van der Waals surface area contributed by atoms with E-state index in [2.05, 4.69) is 4.98 Å². The number of rotatable bonds is 5. The van der Waals surface area contributed by atoms with Crippen LogP contribution in [0.4, 0.5) is 0 Å². The number of nitrogens with zero attached hydrogens (tertiary/aromatic N) is 2. The van der Waals surface area contributed by atoms with Crippen molar-refractivity contribution in [2.24, 2.45) is 0 Å². The number of carbonyl (C=O) groups excluding carboxylic acids is 1. The Labute approximate surface area is 102 Å². The van der Waals surface area contributed by atoms with Crippen LogP contribution in [-0.2, 0) is 0 Å². The lowest BCUT2D eigenvalue weighted by molar-refractivity contribution is 0.0752. The van der Waals surface area contributed by atoms with E-state index in [4.69, 9.17) is 4.74 Å². The highest BCUT2D eigenvalue weighted by Crippen LogP contribution is 2.27. The lowest BCUT2D eigenvalue weighted by Crippen LogP contribution is -2.32. The van der Waals surface area contributed by atoms with Gasteiger partial charge in [-0.1, -0.05) is 0 Å². The van der Waals surface area contributed by atoms with Crippen LogP contribution in [0.3, 0.4) is 0 Å². The quantitative estimate of drug-likeness (QED) is 0.783. The number of amides is 1. The minimum atomic E-state index is 0.0746. The molecule has 0 bridgehead atoms. The predicted molar refractivity (Wildman–Crippen MR) is 65.1 cm³/mol. The number of aromatic nitrogens is 1. The largest absolute Gasteiger partial charge is 0.478 e. The van der Waals surface area contributed by atoms with Crippen molar-refractivity contribution in [2.75, 3.05) is 13.2 Å². The van der Waals surface area contributed by atoms with Crippen molar-refractivity contribution >= 4 is 5.91 Å². The standard InChI is InChI=1S/C13H18N2O2/c1-3-15(11-6-7-11)13(16)10-5-8-12(14-9-10)17-4-2/h5,8-9,11H,3-4,6-7H2,1-2H3. The van der Waals surface area contributed by atoms with E-state index in [1.807, 2.05) is 18.7 Å². The molecule has 1 aliphatic rings. The fourth-order valence-electron chi connectivity index (χ4n) is 1.86. The van der Waals surface area contributed by atoms with Crippen molar-refractivity contribution < 1.29 is 9.53 Å². The normalized spacial score (nSPS) is 14.5. The fourth-order valence-corrected chi connectivity index (χ4v) is 1.86. The Hall–Kier alpha value is -1.58. The monoisotopic (exact) mass is 234 g/mol. The third kappa shape index (κ3) is 2.75. The molecular weight excluding hydrogens is 216 g/mol. The van der Waals surface area contributed by atoms with Crippen LogP contribution in [0.1, 0.15) is 37.0 Å². The molecule has 17 heavy (non-hydrogen) atoms. The molecule has 2 rings (SSSR count). The fraction of sp³-hybridized carbons (Fsp3) is 0.538. The van der Waals surface area contributed by atoms with Gasteiger partial charge in [-0.05, 0) is 32.8 Å². The first kappa shape index (κ1) is 11.9. The van der Waals surface area contributed by atoms with Gasteiger partial charge in [-0.3, -0.25) is 4.79 Å². The van der Waals surface area contributed by atoms with E-state index >= 15 is 0 Å². The Bertz CT molecular complexity index is 385. The number of hydrogen-bond donors (Lipinski definition) is 0. The third-order valence-electron chi connectivity index (χ3n) is 2.86. The first-order chi connectivity index (χ1) is 8.26. The molecule has 0 aliphatic heterocycles. The molecule has 1 saturated carbocycles. The van der Waals surface area contributed by atoms with Crippen molar-refractivity contribution in [1.82, 2.24) is 9.88 Å². The summed E-state index contributed by atoms with van der Waals surface area (Å²) in [5.41, 5.74) is 0.641. The van der Waals surface area contributed by atoms with Gasteiger partial charge in [-0.25, -0.2) is 4.98 Å². The van der Waals surface area contributed by atoms with E-state index in [-0.39, 0.29) is 5.91 Å². The highest BCUT2D eigenvalue weighted by atomic mass is 16.5. The van der Waals surface area contributed by atoms with Crippen molar-refractivity contribution in [3.8, 4) is 5.88 Å². The molecule has 0 radical (unpaired) electrons. The summed E-state index contributed by atoms with van der Waals surface area (Å²) in [6, 6.07) is 3.97. The Morgan fingerprint density at radius 3 is 2.71 bits per heavy atom. The Morgan fingerprint density at radius 1 is 1.47 bits per heavy atom. The SMILES string of the molecule is CCOc1ccc(C(=O)N(CC)C2CC2)cn1. The average Bonchev–Trinajstić information content (AvgIpc) is 3.16. The van der Waals surface area contributed by atoms with Crippen LogP contribution in [0.25, 0.3) is 0 Å². The maximum atomic E-state index is 12.2. The van der Waals surface area contributed by atoms with Gasteiger partial charge in [-0.2, -0.15) is 0 Å². The molecule has 4 nitrogen and oxygen atoms in total. The molecule has 1 amide bonds. The van der Waals surface area contributed by atoms with Gasteiger partial charge in [0.1, 0.15) is 0 Å². The molecule has 0 saturated heterocycles. The minimum Gasteiger partial charge on any atom is -0.478 e. The van der Waals surface area contributed by atoms with Crippen LogP contribution in [0.5, 0.6) is 5.88 Å². The van der Waals surface area contributed by atoms with Crippen LogP contribution >= 0.6 is 0 Å². The minimum absolute atomic E-state index is 0.0746. The van der Waals surface area contributed by atoms with Gasteiger partial charge in [0.15, 0.2) is 0 Å². The van der Waals surface area contributed by atoms with Crippen LogP contribution in [0.15, 0.2) is 18.3 Å². The van der Waals surface area contributed by atoms with Crippen molar-refractivity contribution in [3.05, 3.63) is 23.9 Å². The molecule has 0 spiro atoms. The van der Waals surface area contributed by atoms with Crippen LogP contribution in [0.2, 0.25) is 0 Å².